The number of hydrogen-bond acceptors (Lipinski definition) is 4. The zero-order chi connectivity index (χ0) is 22.0. The molecular formula is C26H41N5-4. The molecule has 2 aliphatic carbocycles. The van der Waals surface area contributed by atoms with Gasteiger partial charge < -0.3 is 19.6 Å². The van der Waals surface area contributed by atoms with Crippen molar-refractivity contribution in [3.63, 3.8) is 0 Å². The zero-order valence-electron chi connectivity index (χ0n) is 19.3. The van der Waals surface area contributed by atoms with Crippen molar-refractivity contribution in [2.75, 3.05) is 26.2 Å². The normalized spacial score (nSPS) is 35.7. The van der Waals surface area contributed by atoms with E-state index in [1.807, 2.05) is 0 Å². The van der Waals surface area contributed by atoms with Crippen LogP contribution < -0.4 is 0 Å². The van der Waals surface area contributed by atoms with Crippen LogP contribution in [0.4, 0.5) is 0 Å². The Labute approximate surface area is 191 Å². The fourth-order valence-electron chi connectivity index (χ4n) is 6.04. The van der Waals surface area contributed by atoms with Crippen molar-refractivity contribution in [2.45, 2.75) is 75.5 Å². The summed E-state index contributed by atoms with van der Waals surface area (Å²) in [5.41, 5.74) is 1.20. The summed E-state index contributed by atoms with van der Waals surface area (Å²) in [6, 6.07) is 2.93. The van der Waals surface area contributed by atoms with Crippen molar-refractivity contribution in [3.05, 3.63) is 58.2 Å². The van der Waals surface area contributed by atoms with Gasteiger partial charge in [0.25, 0.3) is 0 Å². The molecule has 5 heteroatoms. The Bertz CT molecular complexity index is 685. The first-order chi connectivity index (χ1) is 15.0. The van der Waals surface area contributed by atoms with E-state index in [1.54, 1.807) is 0 Å². The molecule has 5 nitrogen and oxygen atoms in total. The van der Waals surface area contributed by atoms with Crippen molar-refractivity contribution in [2.24, 2.45) is 0 Å². The Morgan fingerprint density at radius 3 is 1.81 bits per heavy atom. The maximum absolute atomic E-state index is 4.48. The van der Waals surface area contributed by atoms with E-state index in [9.17, 15) is 0 Å². The lowest BCUT2D eigenvalue weighted by Gasteiger charge is -2.52. The minimum absolute atomic E-state index is 0.421. The summed E-state index contributed by atoms with van der Waals surface area (Å²) in [6.45, 7) is 7.90. The zero-order valence-corrected chi connectivity index (χ0v) is 19.3. The van der Waals surface area contributed by atoms with E-state index in [2.05, 4.69) is 77.3 Å². The second-order valence-corrected chi connectivity index (χ2v) is 9.89. The molecule has 0 aromatic heterocycles. The van der Waals surface area contributed by atoms with Gasteiger partial charge in [-0.15, -0.1) is 6.08 Å². The molecule has 2 heterocycles. The highest BCUT2D eigenvalue weighted by atomic mass is 15.3. The van der Waals surface area contributed by atoms with Crippen LogP contribution in [0.2, 0.25) is 0 Å². The van der Waals surface area contributed by atoms with Gasteiger partial charge in [0.1, 0.15) is 11.7 Å². The predicted octanol–water partition coefficient (Wildman–Crippen LogP) is 3.70. The fourth-order valence-corrected chi connectivity index (χ4v) is 6.04. The van der Waals surface area contributed by atoms with Gasteiger partial charge in [-0.2, -0.15) is 0 Å². The third-order valence-electron chi connectivity index (χ3n) is 7.94. The van der Waals surface area contributed by atoms with Gasteiger partial charge in [0, 0.05) is 13.1 Å². The molecule has 31 heavy (non-hydrogen) atoms. The third-order valence-corrected chi connectivity index (χ3v) is 7.94. The first kappa shape index (κ1) is 23.0. The monoisotopic (exact) mass is 423 g/mol. The van der Waals surface area contributed by atoms with Gasteiger partial charge >= 0.3 is 0 Å². The lowest BCUT2D eigenvalue weighted by atomic mass is 9.87. The van der Waals surface area contributed by atoms with Crippen LogP contribution >= 0.6 is 0 Å². The van der Waals surface area contributed by atoms with E-state index in [0.717, 1.165) is 26.2 Å². The number of allylic oxidation sites excluding steroid dienone is 2. The summed E-state index contributed by atoms with van der Waals surface area (Å²) in [6.07, 6.45) is 16.4. The van der Waals surface area contributed by atoms with Gasteiger partial charge in [0.2, 0.25) is 0 Å². The largest absolute Gasteiger partial charge is 0.454 e. The molecule has 1 saturated heterocycles. The van der Waals surface area contributed by atoms with Crippen LogP contribution in [-0.4, -0.2) is 81.2 Å². The van der Waals surface area contributed by atoms with Crippen molar-refractivity contribution in [1.82, 2.24) is 19.6 Å². The molecule has 0 N–H and O–H groups in total. The number of hydrogen-bond donors (Lipinski definition) is 0. The van der Waals surface area contributed by atoms with E-state index in [0.29, 0.717) is 24.2 Å². The summed E-state index contributed by atoms with van der Waals surface area (Å²) in [4.78, 5) is 9.22. The van der Waals surface area contributed by atoms with E-state index in [4.69, 9.17) is 0 Å². The number of rotatable bonds is 0. The molecule has 2 saturated carbocycles. The van der Waals surface area contributed by atoms with E-state index in [1.165, 1.54) is 63.1 Å². The summed E-state index contributed by atoms with van der Waals surface area (Å²) in [5, 5.41) is 0. The molecule has 3 fully saturated rings. The van der Waals surface area contributed by atoms with Crippen LogP contribution in [0.1, 0.15) is 51.4 Å². The van der Waals surface area contributed by atoms with Crippen molar-refractivity contribution in [1.29, 1.82) is 0 Å². The minimum atomic E-state index is 0.421. The van der Waals surface area contributed by atoms with Crippen molar-refractivity contribution in [3.8, 4) is 0 Å². The molecule has 4 atom stereocenters. The minimum Gasteiger partial charge on any atom is -0.454 e. The summed E-state index contributed by atoms with van der Waals surface area (Å²) in [7, 11) is 17.9. The third kappa shape index (κ3) is 5.11. The van der Waals surface area contributed by atoms with E-state index < -0.39 is 0 Å². The van der Waals surface area contributed by atoms with Gasteiger partial charge in [-0.05, 0) is 62.9 Å². The summed E-state index contributed by atoms with van der Waals surface area (Å²) >= 11 is 0. The van der Waals surface area contributed by atoms with Crippen LogP contribution in [0, 0.1) is 34.2 Å². The molecule has 2 aliphatic heterocycles. The average Bonchev–Trinajstić information content (AvgIpc) is 2.79. The molecule has 0 aromatic carbocycles. The standard InChI is InChI=1S/C26H41N5/c1-27-17-18-28(2)24-14-7-9-16-26(24)30(4)20-22-12-10-11-21(31(22)5)19-29(3)25-15-8-6-13-23(25)27/h10-12,23-26H,1-9,13-20H2/q-4/t23-,24-,25-,26-/m1/s1. The summed E-state index contributed by atoms with van der Waals surface area (Å²) in [5.74, 6) is 0. The van der Waals surface area contributed by atoms with E-state index in [-0.39, 0.29) is 0 Å². The Morgan fingerprint density at radius 1 is 0.774 bits per heavy atom. The Morgan fingerprint density at radius 2 is 1.26 bits per heavy atom. The molecule has 2 bridgehead atoms. The second kappa shape index (κ2) is 10.2. The molecule has 0 radical (unpaired) electrons. The molecule has 0 unspecified atom stereocenters. The lowest BCUT2D eigenvalue weighted by molar-refractivity contribution is -0.451. The maximum Gasteiger partial charge on any atom is 0.111 e. The van der Waals surface area contributed by atoms with Gasteiger partial charge in [-0.1, -0.05) is 37.8 Å². The first-order valence-electron chi connectivity index (χ1n) is 12.1. The molecule has 4 aliphatic rings. The Kier molecular flexibility index (Phi) is 7.58. The van der Waals surface area contributed by atoms with Gasteiger partial charge in [-0.3, -0.25) is 32.8 Å². The topological polar surface area (TPSA) is 16.0 Å². The smallest absolute Gasteiger partial charge is 0.111 e. The van der Waals surface area contributed by atoms with E-state index >= 15 is 0 Å². The quantitative estimate of drug-likeness (QED) is 0.436. The van der Waals surface area contributed by atoms with Gasteiger partial charge in [-0.25, -0.2) is 0 Å². The molecule has 0 aromatic rings. The van der Waals surface area contributed by atoms with Crippen molar-refractivity contribution < 1.29 is 4.58 Å². The molecule has 0 spiro atoms. The van der Waals surface area contributed by atoms with Gasteiger partial charge in [0.05, 0.1) is 6.72 Å². The molecule has 4 rings (SSSR count). The summed E-state index contributed by atoms with van der Waals surface area (Å²) < 4.78 is 2.11. The van der Waals surface area contributed by atoms with Crippen LogP contribution in [0.5, 0.6) is 0 Å². The average molecular weight is 424 g/mol. The Balaban J connectivity index is 1.61. The highest BCUT2D eigenvalue weighted by Gasteiger charge is 2.31. The maximum atomic E-state index is 4.48. The van der Waals surface area contributed by atoms with Crippen molar-refractivity contribution >= 4 is 6.72 Å². The lowest BCUT2D eigenvalue weighted by Crippen LogP contribution is -2.53. The highest BCUT2D eigenvalue weighted by molar-refractivity contribution is 5.28. The number of fused-ring (bicyclic) bond motifs is 4. The van der Waals surface area contributed by atoms with Crippen LogP contribution in [0.3, 0.4) is 0 Å². The molecule has 0 amide bonds. The Hall–Kier alpha value is -1.14. The predicted molar refractivity (Wildman–Crippen MR) is 128 cm³/mol. The molecular weight excluding hydrogens is 382 g/mol. The fraction of sp³-hybridized carbons (Fsp3) is 0.615. The highest BCUT2D eigenvalue weighted by Crippen LogP contribution is 2.31. The van der Waals surface area contributed by atoms with Gasteiger partial charge in [0.15, 0.2) is 0 Å². The first-order valence-corrected chi connectivity index (χ1v) is 12.1. The van der Waals surface area contributed by atoms with Crippen LogP contribution in [0.25, 0.3) is 0 Å². The molecule has 174 valence electrons. The number of nitrogens with zero attached hydrogens (tertiary/aromatic N) is 5. The van der Waals surface area contributed by atoms with Crippen LogP contribution in [0.15, 0.2) is 23.9 Å². The second-order valence-electron chi connectivity index (χ2n) is 9.89. The van der Waals surface area contributed by atoms with Crippen LogP contribution in [-0.2, 0) is 0 Å². The SMILES string of the molecule is C=[N+]1C2=CC=C[C-]1CN([CH2-])[C@@H]1CCCC[C@H]1N([CH2-])CCN([CH2-])[C@@H]1CCCC[C@H]1N([CH2-])C2.